The van der Waals surface area contributed by atoms with Gasteiger partial charge in [-0.2, -0.15) is 0 Å². The van der Waals surface area contributed by atoms with Crippen molar-refractivity contribution >= 4 is 34.7 Å². The van der Waals surface area contributed by atoms with Crippen LogP contribution in [-0.4, -0.2) is 34.2 Å². The number of alkyl carbamates (subject to hydrolysis) is 1. The summed E-state index contributed by atoms with van der Waals surface area (Å²) in [6, 6.07) is -0.273. The molecular weight excluding hydrogens is 385 g/mol. The first-order valence-corrected chi connectivity index (χ1v) is 8.42. The molecule has 6 heteroatoms. The van der Waals surface area contributed by atoms with Gasteiger partial charge in [-0.05, 0) is 34.1 Å². The maximum atomic E-state index is 11.9. The average Bonchev–Trinajstić information content (AvgIpc) is 2.32. The highest BCUT2D eigenvalue weighted by atomic mass is 127. The van der Waals surface area contributed by atoms with Gasteiger partial charge in [-0.25, -0.2) is 9.59 Å². The molecule has 0 aliphatic carbocycles. The third-order valence-electron chi connectivity index (χ3n) is 2.36. The average molecular weight is 411 g/mol. The van der Waals surface area contributed by atoms with E-state index in [0.29, 0.717) is 6.61 Å². The van der Waals surface area contributed by atoms with Crippen LogP contribution in [0.3, 0.4) is 0 Å². The molecule has 0 aromatic heterocycles. The maximum absolute atomic E-state index is 11.9. The molecule has 2 atom stereocenters. The third kappa shape index (κ3) is 10.6. The Morgan fingerprint density at radius 1 is 1.29 bits per heavy atom. The minimum Gasteiger partial charge on any atom is -0.463 e. The lowest BCUT2D eigenvalue weighted by molar-refractivity contribution is -0.137. The van der Waals surface area contributed by atoms with Crippen LogP contribution in [-0.2, 0) is 14.3 Å². The van der Waals surface area contributed by atoms with Crippen molar-refractivity contribution in [3.8, 4) is 0 Å². The lowest BCUT2D eigenvalue weighted by Gasteiger charge is -2.24. The fourth-order valence-electron chi connectivity index (χ4n) is 1.53. The minimum absolute atomic E-state index is 0.172. The van der Waals surface area contributed by atoms with Crippen molar-refractivity contribution in [2.75, 3.05) is 6.61 Å². The van der Waals surface area contributed by atoms with Crippen molar-refractivity contribution < 1.29 is 19.1 Å². The maximum Gasteiger partial charge on any atom is 0.408 e. The van der Waals surface area contributed by atoms with Crippen molar-refractivity contribution in [2.24, 2.45) is 0 Å². The summed E-state index contributed by atoms with van der Waals surface area (Å²) in [6.07, 6.45) is 4.45. The quantitative estimate of drug-likeness (QED) is 0.301. The molecule has 0 radical (unpaired) electrons. The highest BCUT2D eigenvalue weighted by Gasteiger charge is 2.22. The zero-order valence-electron chi connectivity index (χ0n) is 13.4. The Hall–Kier alpha value is -0.790. The van der Waals surface area contributed by atoms with Gasteiger partial charge in [-0.1, -0.05) is 42.0 Å². The number of carbonyl (C=O) groups is 2. The molecule has 0 bridgehead atoms. The number of esters is 1. The van der Waals surface area contributed by atoms with Gasteiger partial charge in [-0.15, -0.1) is 0 Å². The molecule has 21 heavy (non-hydrogen) atoms. The molecule has 0 heterocycles. The number of amides is 1. The summed E-state index contributed by atoms with van der Waals surface area (Å²) in [5.41, 5.74) is -0.551. The van der Waals surface area contributed by atoms with Gasteiger partial charge < -0.3 is 14.8 Å². The summed E-state index contributed by atoms with van der Waals surface area (Å²) >= 11 is 2.27. The SMILES string of the molecule is CCC[C@H](I)[C@@H](/C=C/C(=O)OCC)NC(=O)OC(C)(C)C. The van der Waals surface area contributed by atoms with E-state index in [9.17, 15) is 9.59 Å². The number of alkyl halides is 1. The zero-order chi connectivity index (χ0) is 16.5. The fourth-order valence-corrected chi connectivity index (χ4v) is 2.57. The van der Waals surface area contributed by atoms with Crippen LogP contribution in [0.4, 0.5) is 4.79 Å². The van der Waals surface area contributed by atoms with Gasteiger partial charge in [0.2, 0.25) is 0 Å². The monoisotopic (exact) mass is 411 g/mol. The van der Waals surface area contributed by atoms with Crippen LogP contribution in [0.15, 0.2) is 12.2 Å². The lowest BCUT2D eigenvalue weighted by atomic mass is 10.1. The van der Waals surface area contributed by atoms with Gasteiger partial charge in [0.05, 0.1) is 12.6 Å². The number of nitrogens with one attached hydrogen (secondary N) is 1. The molecule has 0 rings (SSSR count). The van der Waals surface area contributed by atoms with E-state index in [-0.39, 0.29) is 9.97 Å². The van der Waals surface area contributed by atoms with E-state index < -0.39 is 17.7 Å². The second-order valence-corrected chi connectivity index (χ2v) is 7.19. The highest BCUT2D eigenvalue weighted by molar-refractivity contribution is 14.1. The first kappa shape index (κ1) is 20.2. The van der Waals surface area contributed by atoms with Crippen molar-refractivity contribution in [3.05, 3.63) is 12.2 Å². The molecule has 0 aliphatic rings. The minimum atomic E-state index is -0.551. The Balaban J connectivity index is 4.74. The van der Waals surface area contributed by atoms with E-state index in [1.807, 2.05) is 20.8 Å². The number of ether oxygens (including phenoxy) is 2. The summed E-state index contributed by atoms with van der Waals surface area (Å²) in [6.45, 7) is 9.58. The van der Waals surface area contributed by atoms with Crippen LogP contribution in [0.25, 0.3) is 0 Å². The summed E-state index contributed by atoms with van der Waals surface area (Å²) in [5.74, 6) is -0.409. The van der Waals surface area contributed by atoms with E-state index in [0.717, 1.165) is 12.8 Å². The van der Waals surface area contributed by atoms with Gasteiger partial charge in [0.25, 0.3) is 0 Å². The van der Waals surface area contributed by atoms with E-state index in [2.05, 4.69) is 34.8 Å². The number of hydrogen-bond donors (Lipinski definition) is 1. The molecular formula is C15H26INO4. The Morgan fingerprint density at radius 3 is 2.38 bits per heavy atom. The van der Waals surface area contributed by atoms with Crippen LogP contribution in [0.2, 0.25) is 0 Å². The number of hydrogen-bond acceptors (Lipinski definition) is 4. The summed E-state index contributed by atoms with van der Waals surface area (Å²) < 4.78 is 10.3. The second kappa shape index (κ2) is 10.0. The third-order valence-corrected chi connectivity index (χ3v) is 3.76. The van der Waals surface area contributed by atoms with E-state index in [1.54, 1.807) is 13.0 Å². The highest BCUT2D eigenvalue weighted by Crippen LogP contribution is 2.16. The van der Waals surface area contributed by atoms with Crippen molar-refractivity contribution in [3.63, 3.8) is 0 Å². The van der Waals surface area contributed by atoms with E-state index in [1.165, 1.54) is 6.08 Å². The molecule has 1 amide bonds. The van der Waals surface area contributed by atoms with Gasteiger partial charge >= 0.3 is 12.1 Å². The predicted molar refractivity (Wildman–Crippen MR) is 91.6 cm³/mol. The van der Waals surface area contributed by atoms with Crippen LogP contribution in [0.5, 0.6) is 0 Å². The van der Waals surface area contributed by atoms with Gasteiger partial charge in [0, 0.05) is 10.0 Å². The molecule has 0 fully saturated rings. The Labute approximate surface area is 141 Å². The van der Waals surface area contributed by atoms with Crippen molar-refractivity contribution in [1.29, 1.82) is 0 Å². The number of rotatable bonds is 7. The Kier molecular flexibility index (Phi) is 9.65. The predicted octanol–water partition coefficient (Wildman–Crippen LogP) is 3.60. The van der Waals surface area contributed by atoms with E-state index >= 15 is 0 Å². The normalized spacial score (nSPS) is 14.6. The zero-order valence-corrected chi connectivity index (χ0v) is 15.6. The molecule has 0 spiro atoms. The lowest BCUT2D eigenvalue weighted by Crippen LogP contribution is -2.42. The van der Waals surface area contributed by atoms with Crippen LogP contribution in [0, 0.1) is 0 Å². The number of halogens is 1. The van der Waals surface area contributed by atoms with Crippen LogP contribution in [0.1, 0.15) is 47.5 Å². The summed E-state index contributed by atoms with van der Waals surface area (Å²) in [7, 11) is 0. The largest absolute Gasteiger partial charge is 0.463 e. The molecule has 0 aliphatic heterocycles. The van der Waals surface area contributed by atoms with Crippen LogP contribution >= 0.6 is 22.6 Å². The summed E-state index contributed by atoms with van der Waals surface area (Å²) in [4.78, 5) is 23.2. The van der Waals surface area contributed by atoms with Gasteiger partial charge in [0.1, 0.15) is 5.60 Å². The smallest absolute Gasteiger partial charge is 0.408 e. The van der Waals surface area contributed by atoms with Gasteiger partial charge in [0.15, 0.2) is 0 Å². The second-order valence-electron chi connectivity index (χ2n) is 5.59. The standard InChI is InChI=1S/C15H26INO4/c1-6-8-11(16)12(9-10-13(18)20-7-2)17-14(19)21-15(3,4)5/h9-12H,6-8H2,1-5H3,(H,17,19)/b10-9+/t11-,12+/m0/s1. The van der Waals surface area contributed by atoms with Crippen molar-refractivity contribution in [1.82, 2.24) is 5.32 Å². The molecule has 0 aromatic carbocycles. The van der Waals surface area contributed by atoms with Crippen LogP contribution < -0.4 is 5.32 Å². The molecule has 0 unspecified atom stereocenters. The molecule has 122 valence electrons. The fraction of sp³-hybridized carbons (Fsp3) is 0.733. The molecule has 1 N–H and O–H groups in total. The molecule has 0 saturated heterocycles. The van der Waals surface area contributed by atoms with E-state index in [4.69, 9.17) is 9.47 Å². The molecule has 0 saturated carbocycles. The summed E-state index contributed by atoms with van der Waals surface area (Å²) in [5, 5.41) is 2.79. The van der Waals surface area contributed by atoms with Crippen molar-refractivity contribution in [2.45, 2.75) is 63.0 Å². The first-order chi connectivity index (χ1) is 9.69. The molecule has 5 nitrogen and oxygen atoms in total. The first-order valence-electron chi connectivity index (χ1n) is 7.18. The topological polar surface area (TPSA) is 64.6 Å². The van der Waals surface area contributed by atoms with Gasteiger partial charge in [-0.3, -0.25) is 0 Å². The molecule has 0 aromatic rings. The number of carbonyl (C=O) groups excluding carboxylic acids is 2. The Morgan fingerprint density at radius 2 is 1.90 bits per heavy atom. The Bertz CT molecular complexity index is 363.